The van der Waals surface area contributed by atoms with Gasteiger partial charge >= 0.3 is 6.18 Å². The molecule has 0 spiro atoms. The number of nitrogens with one attached hydrogen (secondary N) is 1. The molecule has 17 heavy (non-hydrogen) atoms. The van der Waals surface area contributed by atoms with Crippen molar-refractivity contribution in [3.05, 3.63) is 35.5 Å². The second-order valence-corrected chi connectivity index (χ2v) is 3.65. The van der Waals surface area contributed by atoms with Crippen LogP contribution in [0, 0.1) is 6.92 Å². The van der Waals surface area contributed by atoms with E-state index in [1.165, 1.54) is 18.2 Å². The molecule has 0 saturated heterocycles. The molecule has 0 aliphatic rings. The van der Waals surface area contributed by atoms with Crippen LogP contribution in [0.4, 0.5) is 18.9 Å². The minimum Gasteiger partial charge on any atom is -0.395 e. The smallest absolute Gasteiger partial charge is 0.395 e. The van der Waals surface area contributed by atoms with Gasteiger partial charge in [-0.2, -0.15) is 18.3 Å². The topological polar surface area (TPSA) is 54.7 Å². The van der Waals surface area contributed by atoms with E-state index in [0.29, 0.717) is 5.69 Å². The molecule has 2 rings (SSSR count). The molecular weight excluding hydrogens is 231 g/mol. The normalized spacial score (nSPS) is 11.8. The molecule has 0 saturated carbocycles. The molecular formula is C11H10F3N3. The zero-order valence-electron chi connectivity index (χ0n) is 8.97. The number of hydrogen-bond acceptors (Lipinski definition) is 2. The molecule has 2 aromatic rings. The van der Waals surface area contributed by atoms with Gasteiger partial charge in [0.05, 0.1) is 16.9 Å². The summed E-state index contributed by atoms with van der Waals surface area (Å²) in [6, 6.07) is 5.23. The van der Waals surface area contributed by atoms with Crippen LogP contribution in [0.15, 0.2) is 24.3 Å². The summed E-state index contributed by atoms with van der Waals surface area (Å²) < 4.78 is 38.4. The van der Waals surface area contributed by atoms with Crippen LogP contribution in [0.2, 0.25) is 0 Å². The fourth-order valence-electron chi connectivity index (χ4n) is 1.58. The van der Waals surface area contributed by atoms with E-state index in [1.807, 2.05) is 0 Å². The summed E-state index contributed by atoms with van der Waals surface area (Å²) in [6.07, 6.45) is -4.42. The summed E-state index contributed by atoms with van der Waals surface area (Å²) in [5.74, 6) is 0. The van der Waals surface area contributed by atoms with Crippen molar-refractivity contribution in [3.8, 4) is 11.3 Å². The number of rotatable bonds is 1. The largest absolute Gasteiger partial charge is 0.417 e. The van der Waals surface area contributed by atoms with Crippen LogP contribution in [-0.2, 0) is 6.18 Å². The molecule has 3 N–H and O–H groups in total. The number of alkyl halides is 3. The van der Waals surface area contributed by atoms with Gasteiger partial charge in [-0.1, -0.05) is 18.2 Å². The Hall–Kier alpha value is -1.98. The predicted octanol–water partition coefficient (Wildman–Crippen LogP) is 2.99. The lowest BCUT2D eigenvalue weighted by atomic mass is 10.0. The number of nitrogens with two attached hydrogens (primary N) is 1. The van der Waals surface area contributed by atoms with E-state index in [-0.39, 0.29) is 16.9 Å². The fraction of sp³-hybridized carbons (Fsp3) is 0.182. The highest BCUT2D eigenvalue weighted by Crippen LogP contribution is 2.38. The van der Waals surface area contributed by atoms with Crippen molar-refractivity contribution in [1.82, 2.24) is 10.2 Å². The summed E-state index contributed by atoms with van der Waals surface area (Å²) in [7, 11) is 0. The molecule has 0 fully saturated rings. The predicted molar refractivity (Wildman–Crippen MR) is 58.2 cm³/mol. The van der Waals surface area contributed by atoms with E-state index < -0.39 is 11.7 Å². The number of benzene rings is 1. The zero-order chi connectivity index (χ0) is 12.6. The number of nitrogen functional groups attached to an aromatic ring is 1. The number of aromatic amines is 1. The highest BCUT2D eigenvalue weighted by Gasteiger charge is 2.34. The highest BCUT2D eigenvalue weighted by molar-refractivity contribution is 5.76. The van der Waals surface area contributed by atoms with E-state index in [0.717, 1.165) is 6.07 Å². The number of H-pyrrole nitrogens is 1. The Morgan fingerprint density at radius 3 is 2.41 bits per heavy atom. The molecule has 1 heterocycles. The second-order valence-electron chi connectivity index (χ2n) is 3.65. The van der Waals surface area contributed by atoms with E-state index in [1.54, 1.807) is 6.92 Å². The standard InChI is InChI=1S/C11H10F3N3/c1-6-9(15)10(17-16-6)7-4-2-3-5-8(7)11(12,13)14/h2-5H,15H2,1H3,(H,16,17). The number of nitrogens with zero attached hydrogens (tertiary/aromatic N) is 1. The van der Waals surface area contributed by atoms with Gasteiger partial charge in [0.1, 0.15) is 5.69 Å². The SMILES string of the molecule is Cc1[nH]nc(-c2ccccc2C(F)(F)F)c1N. The van der Waals surface area contributed by atoms with Crippen molar-refractivity contribution >= 4 is 5.69 Å². The number of hydrogen-bond donors (Lipinski definition) is 2. The molecule has 3 nitrogen and oxygen atoms in total. The first kappa shape index (κ1) is 11.5. The Bertz CT molecular complexity index is 543. The van der Waals surface area contributed by atoms with Crippen molar-refractivity contribution in [2.45, 2.75) is 13.1 Å². The molecule has 6 heteroatoms. The van der Waals surface area contributed by atoms with Crippen molar-refractivity contribution in [2.24, 2.45) is 0 Å². The summed E-state index contributed by atoms with van der Waals surface area (Å²) >= 11 is 0. The van der Waals surface area contributed by atoms with Crippen molar-refractivity contribution < 1.29 is 13.2 Å². The summed E-state index contributed by atoms with van der Waals surface area (Å²) in [6.45, 7) is 1.65. The van der Waals surface area contributed by atoms with Crippen LogP contribution in [-0.4, -0.2) is 10.2 Å². The van der Waals surface area contributed by atoms with Gasteiger partial charge in [-0.15, -0.1) is 0 Å². The number of halogens is 3. The maximum absolute atomic E-state index is 12.8. The van der Waals surface area contributed by atoms with E-state index >= 15 is 0 Å². The van der Waals surface area contributed by atoms with E-state index in [4.69, 9.17) is 5.73 Å². The van der Waals surface area contributed by atoms with Gasteiger partial charge in [0, 0.05) is 5.56 Å². The quantitative estimate of drug-likeness (QED) is 0.806. The molecule has 0 bridgehead atoms. The third kappa shape index (κ3) is 1.98. The van der Waals surface area contributed by atoms with Crippen molar-refractivity contribution in [2.75, 3.05) is 5.73 Å². The lowest BCUT2D eigenvalue weighted by Crippen LogP contribution is -2.07. The summed E-state index contributed by atoms with van der Waals surface area (Å²) in [5, 5.41) is 6.38. The molecule has 0 atom stereocenters. The number of anilines is 1. The summed E-state index contributed by atoms with van der Waals surface area (Å²) in [5.41, 5.74) is 5.86. The van der Waals surface area contributed by atoms with Crippen LogP contribution in [0.3, 0.4) is 0 Å². The monoisotopic (exact) mass is 241 g/mol. The maximum Gasteiger partial charge on any atom is 0.417 e. The Labute approximate surface area is 95.5 Å². The van der Waals surface area contributed by atoms with Gasteiger partial charge in [0.25, 0.3) is 0 Å². The first-order valence-corrected chi connectivity index (χ1v) is 4.88. The molecule has 1 aromatic carbocycles. The molecule has 1 aromatic heterocycles. The molecule has 0 aliphatic heterocycles. The Morgan fingerprint density at radius 2 is 1.88 bits per heavy atom. The molecule has 0 aliphatic carbocycles. The molecule has 0 amide bonds. The average Bonchev–Trinajstić information content (AvgIpc) is 2.59. The maximum atomic E-state index is 12.8. The lowest BCUT2D eigenvalue weighted by Gasteiger charge is -2.11. The number of aryl methyl sites for hydroxylation is 1. The highest BCUT2D eigenvalue weighted by atomic mass is 19.4. The van der Waals surface area contributed by atoms with E-state index in [2.05, 4.69) is 10.2 Å². The van der Waals surface area contributed by atoms with Crippen LogP contribution >= 0.6 is 0 Å². The van der Waals surface area contributed by atoms with Crippen molar-refractivity contribution in [3.63, 3.8) is 0 Å². The lowest BCUT2D eigenvalue weighted by molar-refractivity contribution is -0.137. The summed E-state index contributed by atoms with van der Waals surface area (Å²) in [4.78, 5) is 0. The van der Waals surface area contributed by atoms with Gasteiger partial charge in [-0.3, -0.25) is 5.10 Å². The average molecular weight is 241 g/mol. The minimum absolute atomic E-state index is 0.0122. The molecule has 0 radical (unpaired) electrons. The Balaban J connectivity index is 2.64. The van der Waals surface area contributed by atoms with E-state index in [9.17, 15) is 13.2 Å². The van der Waals surface area contributed by atoms with Crippen LogP contribution < -0.4 is 5.73 Å². The Kier molecular flexibility index (Phi) is 2.57. The Morgan fingerprint density at radius 1 is 1.24 bits per heavy atom. The van der Waals surface area contributed by atoms with Crippen LogP contribution in [0.5, 0.6) is 0 Å². The van der Waals surface area contributed by atoms with Gasteiger partial charge < -0.3 is 5.73 Å². The van der Waals surface area contributed by atoms with Crippen LogP contribution in [0.1, 0.15) is 11.3 Å². The van der Waals surface area contributed by atoms with Gasteiger partial charge in [0.2, 0.25) is 0 Å². The van der Waals surface area contributed by atoms with Gasteiger partial charge in [0.15, 0.2) is 0 Å². The number of aromatic nitrogens is 2. The minimum atomic E-state index is -4.42. The first-order valence-electron chi connectivity index (χ1n) is 4.88. The molecule has 0 unspecified atom stereocenters. The van der Waals surface area contributed by atoms with Gasteiger partial charge in [-0.05, 0) is 13.0 Å². The van der Waals surface area contributed by atoms with Gasteiger partial charge in [-0.25, -0.2) is 0 Å². The fourth-order valence-corrected chi connectivity index (χ4v) is 1.58. The first-order chi connectivity index (χ1) is 7.91. The second kappa shape index (κ2) is 3.80. The molecule has 90 valence electrons. The van der Waals surface area contributed by atoms with Crippen LogP contribution in [0.25, 0.3) is 11.3 Å². The zero-order valence-corrected chi connectivity index (χ0v) is 8.97. The third-order valence-electron chi connectivity index (χ3n) is 2.48. The van der Waals surface area contributed by atoms with Crippen molar-refractivity contribution in [1.29, 1.82) is 0 Å². The third-order valence-corrected chi connectivity index (χ3v) is 2.48.